The Hall–Kier alpha value is -1.03. The first kappa shape index (κ1) is 13.9. The molecular formula is C16H14ClFOS. The van der Waals surface area contributed by atoms with Gasteiger partial charge in [0, 0.05) is 10.1 Å². The minimum Gasteiger partial charge on any atom is -0.392 e. The molecule has 3 rings (SSSR count). The van der Waals surface area contributed by atoms with Gasteiger partial charge in [-0.15, -0.1) is 11.8 Å². The predicted octanol–water partition coefficient (Wildman–Crippen LogP) is 4.10. The molecule has 0 aliphatic carbocycles. The van der Waals surface area contributed by atoms with Gasteiger partial charge in [0.2, 0.25) is 0 Å². The van der Waals surface area contributed by atoms with E-state index in [4.69, 9.17) is 11.6 Å². The summed E-state index contributed by atoms with van der Waals surface area (Å²) in [4.78, 5) is 1.24. The zero-order chi connectivity index (χ0) is 14.1. The number of aliphatic hydroxyl groups is 1. The molecule has 1 aliphatic rings. The highest BCUT2D eigenvalue weighted by Gasteiger charge is 2.28. The van der Waals surface area contributed by atoms with Gasteiger partial charge in [-0.1, -0.05) is 35.9 Å². The summed E-state index contributed by atoms with van der Waals surface area (Å²) >= 11 is 7.48. The Bertz CT molecular complexity index is 607. The van der Waals surface area contributed by atoms with Crippen molar-refractivity contribution < 1.29 is 9.50 Å². The topological polar surface area (TPSA) is 20.2 Å². The molecule has 4 heteroatoms. The second-order valence-corrected chi connectivity index (χ2v) is 6.68. The number of fused-ring (bicyclic) bond motifs is 1. The molecule has 2 unspecified atom stereocenters. The maximum absolute atomic E-state index is 13.1. The average molecular weight is 309 g/mol. The third kappa shape index (κ3) is 2.85. The van der Waals surface area contributed by atoms with E-state index in [0.29, 0.717) is 6.42 Å². The van der Waals surface area contributed by atoms with Crippen molar-refractivity contribution in [3.63, 3.8) is 0 Å². The molecule has 0 spiro atoms. The average Bonchev–Trinajstić information content (AvgIpc) is 2.87. The number of hydrogen-bond donors (Lipinski definition) is 1. The molecule has 1 N–H and O–H groups in total. The van der Waals surface area contributed by atoms with E-state index in [1.165, 1.54) is 16.5 Å². The van der Waals surface area contributed by atoms with Crippen molar-refractivity contribution in [2.45, 2.75) is 29.1 Å². The summed E-state index contributed by atoms with van der Waals surface area (Å²) in [6.07, 6.45) is 0.900. The Morgan fingerprint density at radius 2 is 2.10 bits per heavy atom. The lowest BCUT2D eigenvalue weighted by atomic mass is 10.0. The molecule has 2 aromatic carbocycles. The van der Waals surface area contributed by atoms with Crippen LogP contribution in [0.1, 0.15) is 11.1 Å². The number of aliphatic hydroxyl groups excluding tert-OH is 1. The summed E-state index contributed by atoms with van der Waals surface area (Å²) in [6, 6.07) is 12.8. The summed E-state index contributed by atoms with van der Waals surface area (Å²) in [7, 11) is 0. The molecule has 0 bridgehead atoms. The Balaban J connectivity index is 1.69. The summed E-state index contributed by atoms with van der Waals surface area (Å²) in [5, 5.41) is 10.6. The Morgan fingerprint density at radius 3 is 2.85 bits per heavy atom. The molecule has 0 fully saturated rings. The first-order chi connectivity index (χ1) is 9.63. The summed E-state index contributed by atoms with van der Waals surface area (Å²) < 4.78 is 13.1. The third-order valence-electron chi connectivity index (χ3n) is 3.53. The van der Waals surface area contributed by atoms with Gasteiger partial charge in [-0.25, -0.2) is 4.39 Å². The van der Waals surface area contributed by atoms with Gasteiger partial charge in [-0.2, -0.15) is 0 Å². The van der Waals surface area contributed by atoms with Crippen LogP contribution in [0.5, 0.6) is 0 Å². The molecular weight excluding hydrogens is 295 g/mol. The van der Waals surface area contributed by atoms with Crippen LogP contribution in [-0.2, 0) is 12.8 Å². The standard InChI is InChI=1S/C16H14ClFOS/c17-12-7-10(5-6-13(12)18)8-14(19)16-9-11-3-1-2-4-15(11)20-16/h1-7,14,16,19H,8-9H2. The van der Waals surface area contributed by atoms with Crippen LogP contribution in [-0.4, -0.2) is 16.5 Å². The fourth-order valence-electron chi connectivity index (χ4n) is 2.46. The molecule has 1 heterocycles. The van der Waals surface area contributed by atoms with E-state index in [1.807, 2.05) is 12.1 Å². The lowest BCUT2D eigenvalue weighted by molar-refractivity contribution is 0.172. The van der Waals surface area contributed by atoms with E-state index in [-0.39, 0.29) is 10.3 Å². The van der Waals surface area contributed by atoms with E-state index < -0.39 is 11.9 Å². The van der Waals surface area contributed by atoms with Crippen molar-refractivity contribution in [1.82, 2.24) is 0 Å². The van der Waals surface area contributed by atoms with Crippen molar-refractivity contribution in [2.24, 2.45) is 0 Å². The molecule has 0 amide bonds. The number of thioether (sulfide) groups is 1. The quantitative estimate of drug-likeness (QED) is 0.921. The highest BCUT2D eigenvalue weighted by Crippen LogP contribution is 2.39. The summed E-state index contributed by atoms with van der Waals surface area (Å²) in [5.74, 6) is -0.424. The van der Waals surface area contributed by atoms with Gasteiger partial charge in [0.1, 0.15) is 5.82 Å². The summed E-state index contributed by atoms with van der Waals surface area (Å²) in [5.41, 5.74) is 2.15. The highest BCUT2D eigenvalue weighted by molar-refractivity contribution is 8.00. The number of hydrogen-bond acceptors (Lipinski definition) is 2. The van der Waals surface area contributed by atoms with Crippen LogP contribution in [0.25, 0.3) is 0 Å². The molecule has 20 heavy (non-hydrogen) atoms. The third-order valence-corrected chi connectivity index (χ3v) is 5.26. The minimum absolute atomic E-state index is 0.108. The van der Waals surface area contributed by atoms with E-state index in [9.17, 15) is 9.50 Å². The molecule has 1 aliphatic heterocycles. The predicted molar refractivity (Wildman–Crippen MR) is 80.9 cm³/mol. The van der Waals surface area contributed by atoms with Crippen molar-refractivity contribution in [1.29, 1.82) is 0 Å². The van der Waals surface area contributed by atoms with Gasteiger partial charge in [0.05, 0.1) is 11.1 Å². The van der Waals surface area contributed by atoms with Crippen LogP contribution in [0, 0.1) is 5.82 Å². The van der Waals surface area contributed by atoms with Gasteiger partial charge in [-0.3, -0.25) is 0 Å². The number of benzene rings is 2. The monoisotopic (exact) mass is 308 g/mol. The first-order valence-corrected chi connectivity index (χ1v) is 7.76. The lowest BCUT2D eigenvalue weighted by Crippen LogP contribution is -2.24. The molecule has 0 radical (unpaired) electrons. The van der Waals surface area contributed by atoms with Crippen LogP contribution in [0.3, 0.4) is 0 Å². The Labute approximate surface area is 126 Å². The van der Waals surface area contributed by atoms with Gasteiger partial charge in [0.25, 0.3) is 0 Å². The SMILES string of the molecule is OC(Cc1ccc(F)c(Cl)c1)C1Cc2ccccc2S1. The van der Waals surface area contributed by atoms with Crippen molar-refractivity contribution in [2.75, 3.05) is 0 Å². The lowest BCUT2D eigenvalue weighted by Gasteiger charge is -2.17. The van der Waals surface area contributed by atoms with E-state index >= 15 is 0 Å². The molecule has 2 aromatic rings. The summed E-state index contributed by atoms with van der Waals surface area (Å²) in [6.45, 7) is 0. The Morgan fingerprint density at radius 1 is 1.30 bits per heavy atom. The van der Waals surface area contributed by atoms with Gasteiger partial charge >= 0.3 is 0 Å². The fourth-order valence-corrected chi connectivity index (χ4v) is 3.97. The van der Waals surface area contributed by atoms with Crippen molar-refractivity contribution >= 4 is 23.4 Å². The van der Waals surface area contributed by atoms with Crippen LogP contribution >= 0.6 is 23.4 Å². The van der Waals surface area contributed by atoms with Gasteiger partial charge < -0.3 is 5.11 Å². The van der Waals surface area contributed by atoms with Crippen molar-refractivity contribution in [3.8, 4) is 0 Å². The molecule has 1 nitrogen and oxygen atoms in total. The van der Waals surface area contributed by atoms with Gasteiger partial charge in [-0.05, 0) is 42.2 Å². The van der Waals surface area contributed by atoms with Gasteiger partial charge in [0.15, 0.2) is 0 Å². The van der Waals surface area contributed by atoms with Crippen LogP contribution in [0.15, 0.2) is 47.4 Å². The maximum atomic E-state index is 13.1. The maximum Gasteiger partial charge on any atom is 0.141 e. The fraction of sp³-hybridized carbons (Fsp3) is 0.250. The minimum atomic E-state index is -0.464. The van der Waals surface area contributed by atoms with E-state index in [2.05, 4.69) is 12.1 Å². The second kappa shape index (κ2) is 5.76. The molecule has 0 saturated carbocycles. The smallest absolute Gasteiger partial charge is 0.141 e. The Kier molecular flexibility index (Phi) is 4.01. The largest absolute Gasteiger partial charge is 0.392 e. The van der Waals surface area contributed by atoms with Crippen LogP contribution in [0.2, 0.25) is 5.02 Å². The zero-order valence-electron chi connectivity index (χ0n) is 10.7. The van der Waals surface area contributed by atoms with Crippen LogP contribution in [0.4, 0.5) is 4.39 Å². The molecule has 104 valence electrons. The molecule has 2 atom stereocenters. The number of halogens is 2. The first-order valence-electron chi connectivity index (χ1n) is 6.50. The van der Waals surface area contributed by atoms with E-state index in [0.717, 1.165) is 12.0 Å². The van der Waals surface area contributed by atoms with Crippen LogP contribution < -0.4 is 0 Å². The highest BCUT2D eigenvalue weighted by atomic mass is 35.5. The molecule has 0 aromatic heterocycles. The van der Waals surface area contributed by atoms with Crippen molar-refractivity contribution in [3.05, 3.63) is 64.4 Å². The molecule has 0 saturated heterocycles. The second-order valence-electron chi connectivity index (χ2n) is 4.99. The number of rotatable bonds is 3. The zero-order valence-corrected chi connectivity index (χ0v) is 12.3. The van der Waals surface area contributed by atoms with E-state index in [1.54, 1.807) is 23.9 Å². The normalized spacial score (nSPS) is 18.9.